The maximum atomic E-state index is 11.9. The molecule has 2 rings (SSSR count). The van der Waals surface area contributed by atoms with E-state index in [2.05, 4.69) is 19.4 Å². The molecule has 0 aliphatic heterocycles. The van der Waals surface area contributed by atoms with Crippen LogP contribution in [0.4, 0.5) is 0 Å². The van der Waals surface area contributed by atoms with Crippen LogP contribution < -0.4 is 10.5 Å². The number of rotatable bonds is 7. The first-order chi connectivity index (χ1) is 9.96. The second-order valence-corrected chi connectivity index (χ2v) is 6.56. The van der Waals surface area contributed by atoms with Crippen molar-refractivity contribution >= 4 is 27.2 Å². The van der Waals surface area contributed by atoms with Crippen molar-refractivity contribution in [1.29, 1.82) is 0 Å². The molecule has 0 radical (unpaired) electrons. The summed E-state index contributed by atoms with van der Waals surface area (Å²) in [6.07, 6.45) is 1.57. The first-order valence-electron chi connectivity index (χ1n) is 6.07. The molecule has 0 unspecified atom stereocenters. The highest BCUT2D eigenvalue weighted by atomic mass is 32.2. The van der Waals surface area contributed by atoms with Gasteiger partial charge in [0.1, 0.15) is 4.99 Å². The molecule has 0 atom stereocenters. The molecular weight excluding hydrogens is 312 g/mol. The largest absolute Gasteiger partial charge is 0.389 e. The first-order valence-corrected chi connectivity index (χ1v) is 8.14. The third-order valence-electron chi connectivity index (χ3n) is 2.67. The van der Waals surface area contributed by atoms with Crippen LogP contribution in [-0.2, 0) is 22.2 Å². The molecule has 0 bridgehead atoms. The van der Waals surface area contributed by atoms with Crippen LogP contribution in [0.25, 0.3) is 0 Å². The quantitative estimate of drug-likeness (QED) is 0.707. The van der Waals surface area contributed by atoms with Gasteiger partial charge in [0, 0.05) is 18.5 Å². The lowest BCUT2D eigenvalue weighted by Crippen LogP contribution is -2.27. The lowest BCUT2D eigenvalue weighted by molar-refractivity contribution is 0.410. The van der Waals surface area contributed by atoms with Gasteiger partial charge in [-0.3, -0.25) is 0 Å². The molecule has 0 aliphatic carbocycles. The average molecular weight is 326 g/mol. The lowest BCUT2D eigenvalue weighted by Gasteiger charge is -2.06. The average Bonchev–Trinajstić information content (AvgIpc) is 2.91. The number of sulfonamides is 1. The van der Waals surface area contributed by atoms with Gasteiger partial charge in [0.25, 0.3) is 0 Å². The summed E-state index contributed by atoms with van der Waals surface area (Å²) < 4.78 is 30.9. The second-order valence-electron chi connectivity index (χ2n) is 4.31. The zero-order chi connectivity index (χ0) is 15.3. The number of nitrogens with zero attached hydrogens (tertiary/aromatic N) is 2. The monoisotopic (exact) mass is 326 g/mol. The van der Waals surface area contributed by atoms with Crippen LogP contribution in [0.3, 0.4) is 0 Å². The summed E-state index contributed by atoms with van der Waals surface area (Å²) in [4.78, 5) is 4.09. The number of hydrogen-bond acceptors (Lipinski definition) is 6. The fraction of sp³-hybridized carbons (Fsp3) is 0.250. The summed E-state index contributed by atoms with van der Waals surface area (Å²) in [5, 5.41) is 3.60. The van der Waals surface area contributed by atoms with Gasteiger partial charge in [0.2, 0.25) is 16.4 Å². The van der Waals surface area contributed by atoms with E-state index in [4.69, 9.17) is 18.0 Å². The molecular formula is C12H14N4O3S2. The Kier molecular flexibility index (Phi) is 4.99. The zero-order valence-electron chi connectivity index (χ0n) is 11.0. The minimum atomic E-state index is -3.42. The van der Waals surface area contributed by atoms with Crippen molar-refractivity contribution in [3.63, 3.8) is 0 Å². The number of benzene rings is 1. The smallest absolute Gasteiger partial charge is 0.215 e. The summed E-state index contributed by atoms with van der Waals surface area (Å²) in [5.41, 5.74) is 6.84. The van der Waals surface area contributed by atoms with Crippen molar-refractivity contribution < 1.29 is 12.9 Å². The molecule has 2 aromatic rings. The summed E-state index contributed by atoms with van der Waals surface area (Å²) in [7, 11) is -3.42. The van der Waals surface area contributed by atoms with Crippen LogP contribution in [0.2, 0.25) is 0 Å². The predicted molar refractivity (Wildman–Crippen MR) is 81.0 cm³/mol. The highest BCUT2D eigenvalue weighted by molar-refractivity contribution is 7.88. The number of nitrogens with one attached hydrogen (secondary N) is 1. The molecule has 0 saturated heterocycles. The molecule has 0 fully saturated rings. The first kappa shape index (κ1) is 15.5. The third kappa shape index (κ3) is 4.88. The van der Waals surface area contributed by atoms with Crippen molar-refractivity contribution in [2.75, 3.05) is 6.54 Å². The molecule has 1 aromatic carbocycles. The van der Waals surface area contributed by atoms with Crippen molar-refractivity contribution in [3.05, 3.63) is 47.6 Å². The Morgan fingerprint density at radius 3 is 2.62 bits per heavy atom. The molecule has 0 saturated carbocycles. The van der Waals surface area contributed by atoms with Gasteiger partial charge in [0.15, 0.2) is 5.82 Å². The van der Waals surface area contributed by atoms with Crippen molar-refractivity contribution in [3.8, 4) is 0 Å². The zero-order valence-corrected chi connectivity index (χ0v) is 12.7. The molecule has 0 amide bonds. The highest BCUT2D eigenvalue weighted by Crippen LogP contribution is 2.08. The predicted octanol–water partition coefficient (Wildman–Crippen LogP) is 0.366. The van der Waals surface area contributed by atoms with E-state index in [-0.39, 0.29) is 17.3 Å². The van der Waals surface area contributed by atoms with Crippen molar-refractivity contribution in [2.45, 2.75) is 12.2 Å². The topological polar surface area (TPSA) is 111 Å². The Bertz CT molecular complexity index is 697. The summed E-state index contributed by atoms with van der Waals surface area (Å²) >= 11 is 4.84. The molecule has 1 aromatic heterocycles. The van der Waals surface area contributed by atoms with E-state index >= 15 is 0 Å². The fourth-order valence-electron chi connectivity index (χ4n) is 1.66. The van der Waals surface area contributed by atoms with E-state index in [1.807, 2.05) is 0 Å². The SMILES string of the molecule is NC(=S)c1ccc(CS(=O)(=O)NCCc2ncon2)cc1. The van der Waals surface area contributed by atoms with Crippen molar-refractivity contribution in [1.82, 2.24) is 14.9 Å². The Hall–Kier alpha value is -1.84. The minimum Gasteiger partial charge on any atom is -0.389 e. The Morgan fingerprint density at radius 1 is 1.33 bits per heavy atom. The summed E-state index contributed by atoms with van der Waals surface area (Å²) in [5.74, 6) is 0.343. The van der Waals surface area contributed by atoms with Crippen LogP contribution in [-0.4, -0.2) is 30.1 Å². The van der Waals surface area contributed by atoms with Crippen LogP contribution in [0.1, 0.15) is 17.0 Å². The van der Waals surface area contributed by atoms with Gasteiger partial charge in [-0.15, -0.1) is 0 Å². The highest BCUT2D eigenvalue weighted by Gasteiger charge is 2.12. The van der Waals surface area contributed by atoms with E-state index in [0.29, 0.717) is 23.4 Å². The molecule has 9 heteroatoms. The summed E-state index contributed by atoms with van der Waals surface area (Å²) in [6.45, 7) is 0.215. The molecule has 0 spiro atoms. The van der Waals surface area contributed by atoms with Gasteiger partial charge in [-0.25, -0.2) is 13.1 Å². The number of hydrogen-bond donors (Lipinski definition) is 2. The van der Waals surface area contributed by atoms with E-state index in [0.717, 1.165) is 0 Å². The Balaban J connectivity index is 1.89. The lowest BCUT2D eigenvalue weighted by atomic mass is 10.1. The maximum Gasteiger partial charge on any atom is 0.215 e. The van der Waals surface area contributed by atoms with E-state index in [9.17, 15) is 8.42 Å². The Labute approximate surface area is 127 Å². The standard InChI is InChI=1S/C12H14N4O3S2/c13-12(20)10-3-1-9(2-4-10)7-21(17,18)15-6-5-11-14-8-19-16-11/h1-4,8,15H,5-7H2,(H2,13,20). The van der Waals surface area contributed by atoms with Gasteiger partial charge in [0.05, 0.1) is 5.75 Å². The minimum absolute atomic E-state index is 0.114. The molecule has 112 valence electrons. The molecule has 0 aliphatic rings. The molecule has 3 N–H and O–H groups in total. The number of aromatic nitrogens is 2. The second kappa shape index (κ2) is 6.74. The molecule has 7 nitrogen and oxygen atoms in total. The normalized spacial score (nSPS) is 11.4. The van der Waals surface area contributed by atoms with E-state index in [1.165, 1.54) is 6.39 Å². The van der Waals surface area contributed by atoms with Gasteiger partial charge < -0.3 is 10.3 Å². The van der Waals surface area contributed by atoms with E-state index in [1.54, 1.807) is 24.3 Å². The van der Waals surface area contributed by atoms with Crippen LogP contribution in [0, 0.1) is 0 Å². The maximum absolute atomic E-state index is 11.9. The van der Waals surface area contributed by atoms with Crippen LogP contribution in [0.15, 0.2) is 35.2 Å². The van der Waals surface area contributed by atoms with Crippen LogP contribution in [0.5, 0.6) is 0 Å². The van der Waals surface area contributed by atoms with Gasteiger partial charge in [-0.05, 0) is 5.56 Å². The van der Waals surface area contributed by atoms with Crippen LogP contribution >= 0.6 is 12.2 Å². The fourth-order valence-corrected chi connectivity index (χ4v) is 2.94. The molecule has 1 heterocycles. The molecule has 21 heavy (non-hydrogen) atoms. The summed E-state index contributed by atoms with van der Waals surface area (Å²) in [6, 6.07) is 6.78. The van der Waals surface area contributed by atoms with Gasteiger partial charge in [-0.2, -0.15) is 4.98 Å². The third-order valence-corrected chi connectivity index (χ3v) is 4.27. The van der Waals surface area contributed by atoms with Gasteiger partial charge in [-0.1, -0.05) is 41.6 Å². The van der Waals surface area contributed by atoms with Crippen molar-refractivity contribution in [2.24, 2.45) is 5.73 Å². The number of nitrogens with two attached hydrogens (primary N) is 1. The number of thiocarbonyl (C=S) groups is 1. The van der Waals surface area contributed by atoms with E-state index < -0.39 is 10.0 Å². The van der Waals surface area contributed by atoms with Gasteiger partial charge >= 0.3 is 0 Å². The Morgan fingerprint density at radius 2 is 2.05 bits per heavy atom.